The van der Waals surface area contributed by atoms with Crippen molar-refractivity contribution in [3.8, 4) is 12.3 Å². The molecule has 0 aliphatic carbocycles. The van der Waals surface area contributed by atoms with Gasteiger partial charge < -0.3 is 10.6 Å². The van der Waals surface area contributed by atoms with Crippen LogP contribution in [0.2, 0.25) is 0 Å². The molecule has 0 spiro atoms. The lowest BCUT2D eigenvalue weighted by Gasteiger charge is -2.29. The number of anilines is 2. The molecule has 2 amide bonds. The SMILES string of the molecule is C#CCN1CCC(C(=O)Nc2ccc(NC(=O)C(C)C)cc2)CC1. The highest BCUT2D eigenvalue weighted by Gasteiger charge is 2.24. The van der Waals surface area contributed by atoms with E-state index in [1.807, 2.05) is 13.8 Å². The maximum absolute atomic E-state index is 12.3. The molecule has 0 atom stereocenters. The van der Waals surface area contributed by atoms with Gasteiger partial charge in [-0.05, 0) is 50.2 Å². The number of amides is 2. The number of likely N-dealkylation sites (tertiary alicyclic amines) is 1. The lowest BCUT2D eigenvalue weighted by molar-refractivity contribution is -0.121. The van der Waals surface area contributed by atoms with E-state index in [0.29, 0.717) is 6.54 Å². The summed E-state index contributed by atoms with van der Waals surface area (Å²) in [4.78, 5) is 26.2. The van der Waals surface area contributed by atoms with Crippen LogP contribution in [0.4, 0.5) is 11.4 Å². The van der Waals surface area contributed by atoms with Crippen LogP contribution in [-0.4, -0.2) is 36.3 Å². The fraction of sp³-hybridized carbons (Fsp3) is 0.474. The van der Waals surface area contributed by atoms with Gasteiger partial charge in [0.05, 0.1) is 6.54 Å². The summed E-state index contributed by atoms with van der Waals surface area (Å²) in [6.45, 7) is 6.07. The Labute approximate surface area is 143 Å². The average Bonchev–Trinajstić information content (AvgIpc) is 2.57. The smallest absolute Gasteiger partial charge is 0.227 e. The zero-order chi connectivity index (χ0) is 17.5. The highest BCUT2D eigenvalue weighted by Crippen LogP contribution is 2.20. The Kier molecular flexibility index (Phi) is 6.39. The van der Waals surface area contributed by atoms with E-state index in [9.17, 15) is 9.59 Å². The summed E-state index contributed by atoms with van der Waals surface area (Å²) < 4.78 is 0. The fourth-order valence-corrected chi connectivity index (χ4v) is 2.65. The molecule has 0 unspecified atom stereocenters. The molecule has 1 aliphatic heterocycles. The Morgan fingerprint density at radius 3 is 2.21 bits per heavy atom. The fourth-order valence-electron chi connectivity index (χ4n) is 2.65. The minimum absolute atomic E-state index is 0.0227. The molecule has 1 aromatic rings. The lowest BCUT2D eigenvalue weighted by atomic mass is 9.96. The van der Waals surface area contributed by atoms with E-state index >= 15 is 0 Å². The predicted molar refractivity (Wildman–Crippen MR) is 96.5 cm³/mol. The summed E-state index contributed by atoms with van der Waals surface area (Å²) in [6.07, 6.45) is 6.98. The van der Waals surface area contributed by atoms with Gasteiger partial charge in [0.15, 0.2) is 0 Å². The van der Waals surface area contributed by atoms with E-state index in [0.717, 1.165) is 37.3 Å². The summed E-state index contributed by atoms with van der Waals surface area (Å²) in [6, 6.07) is 7.21. The van der Waals surface area contributed by atoms with E-state index in [1.165, 1.54) is 0 Å². The van der Waals surface area contributed by atoms with E-state index in [-0.39, 0.29) is 23.7 Å². The topological polar surface area (TPSA) is 61.4 Å². The quantitative estimate of drug-likeness (QED) is 0.817. The molecule has 1 saturated heterocycles. The second kappa shape index (κ2) is 8.51. The number of hydrogen-bond donors (Lipinski definition) is 2. The minimum atomic E-state index is -0.0651. The number of hydrogen-bond acceptors (Lipinski definition) is 3. The van der Waals surface area contributed by atoms with Gasteiger partial charge in [-0.15, -0.1) is 6.42 Å². The highest BCUT2D eigenvalue weighted by molar-refractivity contribution is 5.94. The third kappa shape index (κ3) is 5.10. The van der Waals surface area contributed by atoms with E-state index < -0.39 is 0 Å². The van der Waals surface area contributed by atoms with Gasteiger partial charge in [-0.25, -0.2) is 0 Å². The van der Waals surface area contributed by atoms with Crippen LogP contribution in [0.5, 0.6) is 0 Å². The first-order chi connectivity index (χ1) is 11.5. The Hall–Kier alpha value is -2.32. The van der Waals surface area contributed by atoms with Crippen LogP contribution in [0.3, 0.4) is 0 Å². The number of carbonyl (C=O) groups is 2. The van der Waals surface area contributed by atoms with Crippen LogP contribution < -0.4 is 10.6 Å². The third-order valence-electron chi connectivity index (χ3n) is 4.22. The summed E-state index contributed by atoms with van der Waals surface area (Å²) in [5.74, 6) is 2.63. The highest BCUT2D eigenvalue weighted by atomic mass is 16.2. The van der Waals surface area contributed by atoms with Gasteiger partial charge in [0.2, 0.25) is 11.8 Å². The molecule has 1 fully saturated rings. The maximum Gasteiger partial charge on any atom is 0.227 e. The Balaban J connectivity index is 1.84. The molecular weight excluding hydrogens is 302 g/mol. The number of nitrogens with one attached hydrogen (secondary N) is 2. The molecule has 1 aromatic carbocycles. The van der Waals surface area contributed by atoms with Crippen molar-refractivity contribution in [1.82, 2.24) is 4.90 Å². The van der Waals surface area contributed by atoms with E-state index in [2.05, 4.69) is 21.5 Å². The third-order valence-corrected chi connectivity index (χ3v) is 4.22. The zero-order valence-electron chi connectivity index (χ0n) is 14.3. The minimum Gasteiger partial charge on any atom is -0.326 e. The van der Waals surface area contributed by atoms with Crippen molar-refractivity contribution in [3.05, 3.63) is 24.3 Å². The van der Waals surface area contributed by atoms with Crippen molar-refractivity contribution in [1.29, 1.82) is 0 Å². The molecule has 5 heteroatoms. The molecule has 1 aliphatic rings. The molecule has 0 saturated carbocycles. The van der Waals surface area contributed by atoms with Crippen LogP contribution in [0, 0.1) is 24.2 Å². The second-order valence-electron chi connectivity index (χ2n) is 6.47. The van der Waals surface area contributed by atoms with Gasteiger partial charge in [-0.3, -0.25) is 14.5 Å². The Morgan fingerprint density at radius 1 is 1.17 bits per heavy atom. The number of benzene rings is 1. The largest absolute Gasteiger partial charge is 0.326 e. The van der Waals surface area contributed by atoms with Gasteiger partial charge in [0.1, 0.15) is 0 Å². The Morgan fingerprint density at radius 2 is 1.71 bits per heavy atom. The average molecular weight is 327 g/mol. The molecule has 0 aromatic heterocycles. The van der Waals surface area contributed by atoms with Crippen molar-refractivity contribution >= 4 is 23.2 Å². The number of carbonyl (C=O) groups excluding carboxylic acids is 2. The molecule has 0 radical (unpaired) electrons. The van der Waals surface area contributed by atoms with Gasteiger partial charge in [-0.1, -0.05) is 19.8 Å². The van der Waals surface area contributed by atoms with Gasteiger partial charge in [0.25, 0.3) is 0 Å². The van der Waals surface area contributed by atoms with Crippen molar-refractivity contribution in [2.45, 2.75) is 26.7 Å². The number of terminal acetylenes is 1. The summed E-state index contributed by atoms with van der Waals surface area (Å²) in [7, 11) is 0. The van der Waals surface area contributed by atoms with E-state index in [4.69, 9.17) is 6.42 Å². The summed E-state index contributed by atoms with van der Waals surface area (Å²) in [5, 5.41) is 5.78. The normalized spacial score (nSPS) is 15.8. The molecule has 0 bridgehead atoms. The van der Waals surface area contributed by atoms with Crippen LogP contribution >= 0.6 is 0 Å². The Bertz CT molecular complexity index is 608. The van der Waals surface area contributed by atoms with Crippen molar-refractivity contribution in [3.63, 3.8) is 0 Å². The monoisotopic (exact) mass is 327 g/mol. The second-order valence-corrected chi connectivity index (χ2v) is 6.47. The van der Waals surface area contributed by atoms with Crippen molar-refractivity contribution < 1.29 is 9.59 Å². The zero-order valence-corrected chi connectivity index (χ0v) is 14.3. The standard InChI is InChI=1S/C19H25N3O2/c1-4-11-22-12-9-15(10-13-22)19(24)21-17-7-5-16(6-8-17)20-18(23)14(2)3/h1,5-8,14-15H,9-13H2,2-3H3,(H,20,23)(H,21,24). The predicted octanol–water partition coefficient (Wildman–Crippen LogP) is 2.56. The van der Waals surface area contributed by atoms with Gasteiger partial charge in [-0.2, -0.15) is 0 Å². The summed E-state index contributed by atoms with van der Waals surface area (Å²) >= 11 is 0. The first-order valence-electron chi connectivity index (χ1n) is 8.37. The lowest BCUT2D eigenvalue weighted by Crippen LogP contribution is -2.38. The summed E-state index contributed by atoms with van der Waals surface area (Å²) in [5.41, 5.74) is 1.47. The van der Waals surface area contributed by atoms with E-state index in [1.54, 1.807) is 24.3 Å². The molecule has 24 heavy (non-hydrogen) atoms. The molecular formula is C19H25N3O2. The van der Waals surface area contributed by atoms with Gasteiger partial charge >= 0.3 is 0 Å². The number of piperidine rings is 1. The number of nitrogens with zero attached hydrogens (tertiary/aromatic N) is 1. The molecule has 128 valence electrons. The maximum atomic E-state index is 12.3. The van der Waals surface area contributed by atoms with Crippen molar-refractivity contribution in [2.75, 3.05) is 30.3 Å². The molecule has 2 rings (SSSR count). The first kappa shape index (κ1) is 18.0. The first-order valence-corrected chi connectivity index (χ1v) is 8.37. The van der Waals surface area contributed by atoms with Crippen molar-refractivity contribution in [2.24, 2.45) is 11.8 Å². The van der Waals surface area contributed by atoms with Gasteiger partial charge in [0, 0.05) is 23.2 Å². The van der Waals surface area contributed by atoms with Crippen LogP contribution in [0.25, 0.3) is 0 Å². The molecule has 1 heterocycles. The van der Waals surface area contributed by atoms with Crippen LogP contribution in [0.1, 0.15) is 26.7 Å². The van der Waals surface area contributed by atoms with Crippen LogP contribution in [0.15, 0.2) is 24.3 Å². The van der Waals surface area contributed by atoms with Crippen LogP contribution in [-0.2, 0) is 9.59 Å². The number of rotatable bonds is 5. The molecule has 5 nitrogen and oxygen atoms in total. The molecule has 2 N–H and O–H groups in total.